The molecule has 7 heteroatoms. The van der Waals surface area contributed by atoms with Crippen molar-refractivity contribution in [3.63, 3.8) is 0 Å². The number of carbonyl (C=O) groups is 2. The molecule has 1 atom stereocenters. The molecule has 1 aromatic carbocycles. The molecule has 1 saturated heterocycles. The van der Waals surface area contributed by atoms with Gasteiger partial charge in [-0.25, -0.2) is 0 Å². The Balaban J connectivity index is 1.78. The summed E-state index contributed by atoms with van der Waals surface area (Å²) in [6, 6.07) is 8.17. The minimum Gasteiger partial charge on any atom is -0.493 e. The number of piperidine rings is 1. The molecule has 0 bridgehead atoms. The molecule has 1 unspecified atom stereocenters. The van der Waals surface area contributed by atoms with Gasteiger partial charge in [-0.05, 0) is 43.2 Å². The maximum Gasteiger partial charge on any atom is 0.260 e. The smallest absolute Gasteiger partial charge is 0.260 e. The van der Waals surface area contributed by atoms with Crippen molar-refractivity contribution < 1.29 is 19.1 Å². The largest absolute Gasteiger partial charge is 0.493 e. The third kappa shape index (κ3) is 3.86. The van der Waals surface area contributed by atoms with Gasteiger partial charge in [0.1, 0.15) is 5.56 Å². The molecule has 2 heterocycles. The summed E-state index contributed by atoms with van der Waals surface area (Å²) in [5, 5.41) is 0. The summed E-state index contributed by atoms with van der Waals surface area (Å²) in [4.78, 5) is 41.6. The highest BCUT2D eigenvalue weighted by Gasteiger charge is 2.30. The first kappa shape index (κ1) is 18.7. The maximum absolute atomic E-state index is 12.9. The van der Waals surface area contributed by atoms with E-state index in [1.807, 2.05) is 0 Å². The zero-order chi connectivity index (χ0) is 19.4. The topological polar surface area (TPSA) is 88.7 Å². The zero-order valence-electron chi connectivity index (χ0n) is 15.4. The highest BCUT2D eigenvalue weighted by molar-refractivity contribution is 5.99. The number of nitrogens with one attached hydrogen (secondary N) is 1. The Morgan fingerprint density at radius 2 is 1.93 bits per heavy atom. The molecule has 1 aliphatic heterocycles. The van der Waals surface area contributed by atoms with Gasteiger partial charge >= 0.3 is 0 Å². The molecule has 1 aliphatic rings. The van der Waals surface area contributed by atoms with Crippen molar-refractivity contribution in [2.75, 3.05) is 27.3 Å². The monoisotopic (exact) mass is 370 g/mol. The molecule has 0 aliphatic carbocycles. The Bertz CT molecular complexity index is 905. The summed E-state index contributed by atoms with van der Waals surface area (Å²) in [6.07, 6.45) is 2.89. The van der Waals surface area contributed by atoms with Crippen molar-refractivity contribution in [1.82, 2.24) is 9.88 Å². The first-order chi connectivity index (χ1) is 13.0. The van der Waals surface area contributed by atoms with Gasteiger partial charge < -0.3 is 19.4 Å². The number of hydrogen-bond acceptors (Lipinski definition) is 5. The number of likely N-dealkylation sites (tertiary alicyclic amines) is 1. The standard InChI is InChI=1S/C20H22N2O5/c1-26-16-8-7-13(11-17(16)27-2)18(23)14-5-4-10-22(12-14)20(25)15-6-3-9-21-19(15)24/h3,6-9,11,14H,4-5,10,12H2,1-2H3,(H,21,24). The average Bonchev–Trinajstić information content (AvgIpc) is 2.72. The van der Waals surface area contributed by atoms with Crippen molar-refractivity contribution >= 4 is 11.7 Å². The second-order valence-corrected chi connectivity index (χ2v) is 6.44. The summed E-state index contributed by atoms with van der Waals surface area (Å²) >= 11 is 0. The van der Waals surface area contributed by atoms with Gasteiger partial charge in [0.05, 0.1) is 14.2 Å². The number of methoxy groups -OCH3 is 2. The van der Waals surface area contributed by atoms with Gasteiger partial charge in [-0.2, -0.15) is 0 Å². The van der Waals surface area contributed by atoms with Crippen LogP contribution in [0, 0.1) is 5.92 Å². The second kappa shape index (κ2) is 8.07. The SMILES string of the molecule is COc1ccc(C(=O)C2CCCN(C(=O)c3ccc[nH]c3=O)C2)cc1OC. The van der Waals surface area contributed by atoms with Crippen LogP contribution in [0.3, 0.4) is 0 Å². The van der Waals surface area contributed by atoms with Gasteiger partial charge in [0, 0.05) is 30.8 Å². The minimum atomic E-state index is -0.421. The first-order valence-electron chi connectivity index (χ1n) is 8.78. The number of amides is 1. The van der Waals surface area contributed by atoms with Crippen LogP contribution in [0.4, 0.5) is 0 Å². The predicted octanol–water partition coefficient (Wildman–Crippen LogP) is 2.13. The van der Waals surface area contributed by atoms with Crippen LogP contribution < -0.4 is 15.0 Å². The number of carbonyl (C=O) groups excluding carboxylic acids is 2. The molecule has 7 nitrogen and oxygen atoms in total. The molecule has 1 fully saturated rings. The maximum atomic E-state index is 12.9. The molecule has 1 amide bonds. The zero-order valence-corrected chi connectivity index (χ0v) is 15.4. The van der Waals surface area contributed by atoms with Crippen molar-refractivity contribution in [1.29, 1.82) is 0 Å². The second-order valence-electron chi connectivity index (χ2n) is 6.44. The highest BCUT2D eigenvalue weighted by atomic mass is 16.5. The number of nitrogens with zero attached hydrogens (tertiary/aromatic N) is 1. The van der Waals surface area contributed by atoms with E-state index < -0.39 is 5.56 Å². The van der Waals surface area contributed by atoms with Gasteiger partial charge in [0.15, 0.2) is 17.3 Å². The summed E-state index contributed by atoms with van der Waals surface area (Å²) < 4.78 is 10.5. The number of benzene rings is 1. The Hall–Kier alpha value is -3.09. The highest BCUT2D eigenvalue weighted by Crippen LogP contribution is 2.30. The van der Waals surface area contributed by atoms with Crippen LogP contribution in [-0.2, 0) is 0 Å². The van der Waals surface area contributed by atoms with E-state index in [0.717, 1.165) is 0 Å². The number of ether oxygens (including phenoxy) is 2. The third-order valence-electron chi connectivity index (χ3n) is 4.80. The van der Waals surface area contributed by atoms with E-state index in [1.54, 1.807) is 29.2 Å². The number of H-pyrrole nitrogens is 1. The van der Waals surface area contributed by atoms with Crippen LogP contribution in [0.25, 0.3) is 0 Å². The quantitative estimate of drug-likeness (QED) is 0.815. The summed E-state index contributed by atoms with van der Waals surface area (Å²) in [5.41, 5.74) is 0.192. The molecule has 1 aromatic heterocycles. The molecule has 0 radical (unpaired) electrons. The number of aromatic nitrogens is 1. The van der Waals surface area contributed by atoms with Crippen molar-refractivity contribution in [3.05, 3.63) is 58.0 Å². The normalized spacial score (nSPS) is 16.7. The van der Waals surface area contributed by atoms with Crippen LogP contribution in [0.2, 0.25) is 0 Å². The fourth-order valence-electron chi connectivity index (χ4n) is 3.36. The third-order valence-corrected chi connectivity index (χ3v) is 4.80. The van der Waals surface area contributed by atoms with Gasteiger partial charge in [-0.3, -0.25) is 14.4 Å². The lowest BCUT2D eigenvalue weighted by Crippen LogP contribution is -2.43. The average molecular weight is 370 g/mol. The molecule has 1 N–H and O–H groups in total. The van der Waals surface area contributed by atoms with Gasteiger partial charge in [-0.1, -0.05) is 0 Å². The lowest BCUT2D eigenvalue weighted by Gasteiger charge is -2.32. The van der Waals surface area contributed by atoms with Crippen molar-refractivity contribution in [2.24, 2.45) is 5.92 Å². The Kier molecular flexibility index (Phi) is 5.59. The van der Waals surface area contributed by atoms with E-state index in [9.17, 15) is 14.4 Å². The Labute approximate surface area is 156 Å². The summed E-state index contributed by atoms with van der Waals surface area (Å²) in [6.45, 7) is 0.823. The number of ketones is 1. The van der Waals surface area contributed by atoms with Crippen LogP contribution in [-0.4, -0.2) is 48.9 Å². The van der Waals surface area contributed by atoms with Crippen LogP contribution >= 0.6 is 0 Å². The molecule has 0 saturated carbocycles. The van der Waals surface area contributed by atoms with Gasteiger partial charge in [0.25, 0.3) is 11.5 Å². The number of aromatic amines is 1. The van der Waals surface area contributed by atoms with E-state index in [0.29, 0.717) is 43.0 Å². The van der Waals surface area contributed by atoms with E-state index in [4.69, 9.17) is 9.47 Å². The number of rotatable bonds is 5. The summed E-state index contributed by atoms with van der Waals surface area (Å²) in [5.74, 6) is 0.335. The molecular formula is C20H22N2O5. The number of pyridine rings is 1. The number of hydrogen-bond donors (Lipinski definition) is 1. The lowest BCUT2D eigenvalue weighted by atomic mass is 9.89. The van der Waals surface area contributed by atoms with Crippen molar-refractivity contribution in [3.8, 4) is 11.5 Å². The van der Waals surface area contributed by atoms with E-state index in [-0.39, 0.29) is 23.2 Å². The molecule has 2 aromatic rings. The Morgan fingerprint density at radius 1 is 1.15 bits per heavy atom. The molecule has 3 rings (SSSR count). The summed E-state index contributed by atoms with van der Waals surface area (Å²) in [7, 11) is 3.06. The van der Waals surface area contributed by atoms with Crippen LogP contribution in [0.5, 0.6) is 11.5 Å². The van der Waals surface area contributed by atoms with Crippen LogP contribution in [0.15, 0.2) is 41.3 Å². The fraction of sp³-hybridized carbons (Fsp3) is 0.350. The minimum absolute atomic E-state index is 0.0459. The van der Waals surface area contributed by atoms with Gasteiger partial charge in [-0.15, -0.1) is 0 Å². The molecule has 142 valence electrons. The fourth-order valence-corrected chi connectivity index (χ4v) is 3.36. The van der Waals surface area contributed by atoms with E-state index >= 15 is 0 Å². The van der Waals surface area contributed by atoms with Crippen LogP contribution in [0.1, 0.15) is 33.6 Å². The molecule has 27 heavy (non-hydrogen) atoms. The van der Waals surface area contributed by atoms with Gasteiger partial charge in [0.2, 0.25) is 0 Å². The molecular weight excluding hydrogens is 348 g/mol. The predicted molar refractivity (Wildman–Crippen MR) is 99.6 cm³/mol. The Morgan fingerprint density at radius 3 is 2.63 bits per heavy atom. The molecule has 0 spiro atoms. The lowest BCUT2D eigenvalue weighted by molar-refractivity contribution is 0.0635. The van der Waals surface area contributed by atoms with E-state index in [1.165, 1.54) is 26.5 Å². The van der Waals surface area contributed by atoms with E-state index in [2.05, 4.69) is 4.98 Å². The number of Topliss-reactive ketones (excluding diaryl/α,β-unsaturated/α-hetero) is 1. The first-order valence-corrected chi connectivity index (χ1v) is 8.78. The van der Waals surface area contributed by atoms with Crippen molar-refractivity contribution in [2.45, 2.75) is 12.8 Å².